The number of hydrogen-bond donors (Lipinski definition) is 4. The minimum Gasteiger partial charge on any atom is -0.871 e. The Morgan fingerprint density at radius 3 is 1.59 bits per heavy atom. The molecular formula is C52H42BaCl2N6O12S2. The molecule has 8 aromatic rings. The standard InChI is InChI=1S/2C26H22ClN3O6S.Ba/c2*1-3-15-12-13-20(22(27)25(15)37(33,34)35)29-30-23-17-9-5-4-8-16(17)14-18(24(23)31)26(32)28-19-10-6-7-11-21(19)36-2;/h2*4-14,31H,3H2,1-2H3,(H,28,32)(H,33,34,35);/q;;+2/p-2. The Kier molecular flexibility index (Phi) is 19.3. The van der Waals surface area contributed by atoms with Crippen molar-refractivity contribution in [3.63, 3.8) is 0 Å². The van der Waals surface area contributed by atoms with Crippen LogP contribution < -0.4 is 25.0 Å². The largest absolute Gasteiger partial charge is 2.00 e. The summed E-state index contributed by atoms with van der Waals surface area (Å²) in [5.74, 6) is -1.76. The van der Waals surface area contributed by atoms with E-state index in [1.54, 1.807) is 111 Å². The number of phenols is 1. The van der Waals surface area contributed by atoms with E-state index in [9.17, 15) is 46.1 Å². The monoisotopic (exact) mass is 1210 g/mol. The van der Waals surface area contributed by atoms with Crippen LogP contribution in [0.2, 0.25) is 10.0 Å². The predicted octanol–water partition coefficient (Wildman–Crippen LogP) is 11.5. The predicted molar refractivity (Wildman–Crippen MR) is 285 cm³/mol. The van der Waals surface area contributed by atoms with Crippen LogP contribution in [0.15, 0.2) is 169 Å². The Labute approximate surface area is 481 Å². The number of phenolic OH excluding ortho intramolecular Hbond substituents is 1. The molecule has 0 unspecified atom stereocenters. The molecule has 4 N–H and O–H groups in total. The van der Waals surface area contributed by atoms with E-state index < -0.39 is 53.3 Å². The van der Waals surface area contributed by atoms with Crippen molar-refractivity contribution in [2.45, 2.75) is 36.5 Å². The minimum absolute atomic E-state index is 0. The number of hydrogen-bond acceptors (Lipinski definition) is 15. The molecule has 0 atom stereocenters. The van der Waals surface area contributed by atoms with Crippen molar-refractivity contribution in [3.05, 3.63) is 166 Å². The number of nitrogens with zero attached hydrogens (tertiary/aromatic N) is 5. The van der Waals surface area contributed by atoms with Gasteiger partial charge in [0, 0.05) is 10.8 Å². The van der Waals surface area contributed by atoms with E-state index >= 15 is 0 Å². The maximum absolute atomic E-state index is 13.4. The molecule has 23 heteroatoms. The molecule has 0 aliphatic heterocycles. The number of para-hydroxylation sites is 4. The maximum atomic E-state index is 13.4. The van der Waals surface area contributed by atoms with Gasteiger partial charge in [0.2, 0.25) is 0 Å². The van der Waals surface area contributed by atoms with E-state index in [4.69, 9.17) is 32.7 Å². The number of aliphatic imine (C=N–C) groups is 1. The zero-order valence-electron chi connectivity index (χ0n) is 40.1. The molecule has 8 aromatic carbocycles. The summed E-state index contributed by atoms with van der Waals surface area (Å²) in [6.07, 6.45) is 0.600. The van der Waals surface area contributed by atoms with Gasteiger partial charge in [-0.3, -0.25) is 18.9 Å². The third-order valence-corrected chi connectivity index (χ3v) is 14.2. The number of carbonyl (C=O) groups is 1. The molecule has 0 spiro atoms. The van der Waals surface area contributed by atoms with Gasteiger partial charge in [0.15, 0.2) is 5.75 Å². The molecule has 0 aliphatic rings. The Bertz CT molecular complexity index is 3830. The topological polar surface area (TPSA) is 284 Å². The van der Waals surface area contributed by atoms with Gasteiger partial charge in [-0.15, -0.1) is 15.3 Å². The normalized spacial score (nSPS) is 11.9. The number of anilines is 1. The summed E-state index contributed by atoms with van der Waals surface area (Å²) in [6, 6.07) is 35.9. The second-order valence-corrected chi connectivity index (χ2v) is 19.2. The molecule has 0 aromatic heterocycles. The average Bonchev–Trinajstić information content (AvgIpc) is 3.37. The summed E-state index contributed by atoms with van der Waals surface area (Å²) in [4.78, 5) is 16.3. The number of amides is 1. The first-order chi connectivity index (χ1) is 35.3. The fourth-order valence-corrected chi connectivity index (χ4v) is 10.4. The van der Waals surface area contributed by atoms with Gasteiger partial charge < -0.3 is 30.1 Å². The van der Waals surface area contributed by atoms with E-state index in [-0.39, 0.29) is 98.5 Å². The van der Waals surface area contributed by atoms with Crippen molar-refractivity contribution in [2.75, 3.05) is 19.5 Å². The second kappa shape index (κ2) is 25.0. The summed E-state index contributed by atoms with van der Waals surface area (Å²) in [6.45, 7) is 3.42. The Morgan fingerprint density at radius 2 is 1.07 bits per heavy atom. The zero-order valence-corrected chi connectivity index (χ0v) is 47.7. The van der Waals surface area contributed by atoms with Crippen LogP contribution >= 0.6 is 23.2 Å². The van der Waals surface area contributed by atoms with Gasteiger partial charge in [0.05, 0.1) is 41.2 Å². The third kappa shape index (κ3) is 13.0. The van der Waals surface area contributed by atoms with E-state index in [0.29, 0.717) is 62.7 Å². The summed E-state index contributed by atoms with van der Waals surface area (Å²) in [7, 11) is -6.35. The Hall–Kier alpha value is -6.41. The number of rotatable bonds is 14. The number of carbonyl (C=O) groups excluding carboxylic acids is 1. The number of azo groups is 2. The smallest absolute Gasteiger partial charge is 0.871 e. The van der Waals surface area contributed by atoms with Gasteiger partial charge in [0.1, 0.15) is 44.0 Å². The quantitative estimate of drug-likeness (QED) is 0.0260. The number of fused-ring (bicyclic) bond motifs is 2. The van der Waals surface area contributed by atoms with Crippen molar-refractivity contribution in [3.8, 4) is 23.0 Å². The number of ether oxygens (including phenoxy) is 2. The molecule has 75 heavy (non-hydrogen) atoms. The minimum atomic E-state index is -4.64. The van der Waals surface area contributed by atoms with Crippen molar-refractivity contribution in [1.29, 1.82) is 0 Å². The summed E-state index contributed by atoms with van der Waals surface area (Å²) < 4.78 is 77.4. The van der Waals surface area contributed by atoms with Gasteiger partial charge in [-0.05, 0) is 94.7 Å². The fourth-order valence-electron chi connectivity index (χ4n) is 7.64. The van der Waals surface area contributed by atoms with Gasteiger partial charge in [0.25, 0.3) is 26.1 Å². The molecule has 0 heterocycles. The van der Waals surface area contributed by atoms with Crippen LogP contribution in [0.5, 0.6) is 23.0 Å². The van der Waals surface area contributed by atoms with E-state index in [2.05, 4.69) is 30.8 Å². The van der Waals surface area contributed by atoms with Crippen LogP contribution in [0.25, 0.3) is 21.5 Å². The molecule has 0 aliphatic carbocycles. The fraction of sp³-hybridized carbons (Fsp3) is 0.115. The molecule has 0 bridgehead atoms. The van der Waals surface area contributed by atoms with Crippen LogP contribution in [0, 0.1) is 0 Å². The number of aryl methyl sites for hydroxylation is 2. The molecule has 8 rings (SSSR count). The van der Waals surface area contributed by atoms with E-state index in [1.807, 2.05) is 0 Å². The van der Waals surface area contributed by atoms with Gasteiger partial charge in [-0.2, -0.15) is 21.9 Å². The van der Waals surface area contributed by atoms with Crippen LogP contribution in [-0.2, 0) is 33.1 Å². The second-order valence-electron chi connectivity index (χ2n) is 15.7. The molecule has 1 amide bonds. The average molecular weight is 1220 g/mol. The molecular weight excluding hydrogens is 1170 g/mol. The van der Waals surface area contributed by atoms with Crippen LogP contribution in [0.1, 0.15) is 40.9 Å². The Balaban J connectivity index is 0.000000241. The number of aromatic hydroxyl groups is 1. The summed E-state index contributed by atoms with van der Waals surface area (Å²) in [5.41, 5.74) is 0.686. The van der Waals surface area contributed by atoms with E-state index in [1.165, 1.54) is 50.6 Å². The SMILES string of the molecule is CCc1ccc(N=Nc2c(O)c(C(=O)Nc3ccccc3OC)cc3ccccc23)c(Cl)c1S(=O)(=O)O.CCc1ccc(N=Nc2c([O-])c(C([O-])=Nc3ccccc3OC)cc3ccccc23)c(Cl)c1S(=O)(=O)O.[Ba+2]. The zero-order chi connectivity index (χ0) is 53.5. The molecule has 0 saturated carbocycles. The first-order valence-electron chi connectivity index (χ1n) is 22.0. The van der Waals surface area contributed by atoms with Gasteiger partial charge in [-0.1, -0.05) is 128 Å². The van der Waals surface area contributed by atoms with Gasteiger partial charge >= 0.3 is 48.9 Å². The summed E-state index contributed by atoms with van der Waals surface area (Å²) in [5, 5.41) is 57.9. The van der Waals surface area contributed by atoms with Crippen molar-refractivity contribution in [1.82, 2.24) is 0 Å². The van der Waals surface area contributed by atoms with Crippen molar-refractivity contribution in [2.24, 2.45) is 25.4 Å². The van der Waals surface area contributed by atoms with Crippen LogP contribution in [0.4, 0.5) is 34.1 Å². The number of methoxy groups -OCH3 is 2. The molecule has 380 valence electrons. The third-order valence-electron chi connectivity index (χ3n) is 11.2. The molecule has 0 fully saturated rings. The number of halogens is 2. The first-order valence-corrected chi connectivity index (χ1v) is 25.7. The van der Waals surface area contributed by atoms with Crippen LogP contribution in [0.3, 0.4) is 0 Å². The number of benzene rings is 8. The van der Waals surface area contributed by atoms with Crippen molar-refractivity contribution < 1.29 is 55.5 Å². The van der Waals surface area contributed by atoms with Gasteiger partial charge in [-0.25, -0.2) is 0 Å². The molecule has 0 radical (unpaired) electrons. The number of nitrogens with one attached hydrogen (secondary N) is 1. The molecule has 18 nitrogen and oxygen atoms in total. The van der Waals surface area contributed by atoms with Crippen LogP contribution in [-0.4, -0.2) is 106 Å². The van der Waals surface area contributed by atoms with Crippen molar-refractivity contribution >= 4 is 160 Å². The molecule has 0 saturated heterocycles. The Morgan fingerprint density at radius 1 is 0.613 bits per heavy atom. The first kappa shape index (κ1) is 57.9. The summed E-state index contributed by atoms with van der Waals surface area (Å²) >= 11 is 12.5. The van der Waals surface area contributed by atoms with E-state index in [0.717, 1.165) is 0 Å². The maximum Gasteiger partial charge on any atom is 2.00 e.